The van der Waals surface area contributed by atoms with Gasteiger partial charge in [-0.3, -0.25) is 0 Å². The second-order valence-corrected chi connectivity index (χ2v) is 9.44. The number of rotatable bonds is 6. The smallest absolute Gasteiger partial charge is 0.246 e. The maximum absolute atomic E-state index is 12.8. The number of nitrogens with zero attached hydrogens (tertiary/aromatic N) is 3. The van der Waals surface area contributed by atoms with Crippen LogP contribution in [-0.4, -0.2) is 36.0 Å². The van der Waals surface area contributed by atoms with Crippen LogP contribution in [0.4, 0.5) is 5.69 Å². The summed E-state index contributed by atoms with van der Waals surface area (Å²) in [5.74, 6) is 1.04. The first kappa shape index (κ1) is 19.1. The van der Waals surface area contributed by atoms with Crippen molar-refractivity contribution in [3.8, 4) is 11.4 Å². The molecule has 0 bridgehead atoms. The summed E-state index contributed by atoms with van der Waals surface area (Å²) in [6.45, 7) is 1.58. The molecule has 0 radical (unpaired) electrons. The van der Waals surface area contributed by atoms with Gasteiger partial charge in [0.1, 0.15) is 0 Å². The summed E-state index contributed by atoms with van der Waals surface area (Å²) < 4.78 is 32.5. The standard InChI is InChI=1S/C19H22N4O3S2/c24-28(25,23-10-3-1-2-4-11-23)17-7-5-16(6-8-17)20-13-18-21-19(22-26-18)15-9-12-27-14-15/h5-9,12,14,20H,1-4,10-11,13H2. The highest BCUT2D eigenvalue weighted by Gasteiger charge is 2.24. The molecule has 0 amide bonds. The number of anilines is 1. The van der Waals surface area contributed by atoms with Crippen molar-refractivity contribution in [3.63, 3.8) is 0 Å². The molecule has 148 valence electrons. The average Bonchev–Trinajstić information content (AvgIpc) is 3.32. The molecule has 1 saturated heterocycles. The minimum absolute atomic E-state index is 0.331. The molecular weight excluding hydrogens is 396 g/mol. The van der Waals surface area contributed by atoms with Gasteiger partial charge in [0.15, 0.2) is 0 Å². The molecule has 0 aliphatic carbocycles. The lowest BCUT2D eigenvalue weighted by molar-refractivity contribution is 0.384. The highest BCUT2D eigenvalue weighted by Crippen LogP contribution is 2.22. The zero-order valence-electron chi connectivity index (χ0n) is 15.4. The van der Waals surface area contributed by atoms with Gasteiger partial charge in [0, 0.05) is 29.7 Å². The molecule has 1 aromatic carbocycles. The molecule has 7 nitrogen and oxygen atoms in total. The molecule has 1 aliphatic heterocycles. The molecule has 4 rings (SSSR count). The average molecular weight is 419 g/mol. The molecule has 9 heteroatoms. The van der Waals surface area contributed by atoms with Gasteiger partial charge in [0.25, 0.3) is 0 Å². The van der Waals surface area contributed by atoms with E-state index in [2.05, 4.69) is 15.5 Å². The van der Waals surface area contributed by atoms with Gasteiger partial charge in [0.05, 0.1) is 11.4 Å². The van der Waals surface area contributed by atoms with Crippen LogP contribution in [0.3, 0.4) is 0 Å². The van der Waals surface area contributed by atoms with E-state index in [1.54, 1.807) is 39.9 Å². The summed E-state index contributed by atoms with van der Waals surface area (Å²) in [6, 6.07) is 8.76. The number of sulfonamides is 1. The third-order valence-electron chi connectivity index (χ3n) is 4.75. The molecule has 0 atom stereocenters. The molecule has 3 aromatic rings. The second-order valence-electron chi connectivity index (χ2n) is 6.72. The number of hydrogen-bond acceptors (Lipinski definition) is 7. The number of benzene rings is 1. The summed E-state index contributed by atoms with van der Waals surface area (Å²) in [6.07, 6.45) is 4.05. The van der Waals surface area contributed by atoms with Gasteiger partial charge in [-0.15, -0.1) is 0 Å². The highest BCUT2D eigenvalue weighted by atomic mass is 32.2. The Morgan fingerprint density at radius 1 is 1.07 bits per heavy atom. The quantitative estimate of drug-likeness (QED) is 0.651. The van der Waals surface area contributed by atoms with Crippen LogP contribution in [0.2, 0.25) is 0 Å². The van der Waals surface area contributed by atoms with Crippen molar-refractivity contribution in [1.29, 1.82) is 0 Å². The Kier molecular flexibility index (Phi) is 5.74. The Morgan fingerprint density at radius 2 is 1.82 bits per heavy atom. The van der Waals surface area contributed by atoms with Crippen LogP contribution in [0, 0.1) is 0 Å². The van der Waals surface area contributed by atoms with E-state index >= 15 is 0 Å². The normalized spacial score (nSPS) is 16.0. The van der Waals surface area contributed by atoms with Crippen molar-refractivity contribution in [3.05, 3.63) is 47.0 Å². The molecular formula is C19H22N4O3S2. The highest BCUT2D eigenvalue weighted by molar-refractivity contribution is 7.89. The lowest BCUT2D eigenvalue weighted by atomic mass is 10.2. The van der Waals surface area contributed by atoms with Crippen molar-refractivity contribution in [1.82, 2.24) is 14.4 Å². The summed E-state index contributed by atoms with van der Waals surface area (Å²) >= 11 is 1.58. The van der Waals surface area contributed by atoms with Crippen LogP contribution in [0.5, 0.6) is 0 Å². The lowest BCUT2D eigenvalue weighted by Crippen LogP contribution is -2.31. The fourth-order valence-corrected chi connectivity index (χ4v) is 5.34. The van der Waals surface area contributed by atoms with Gasteiger partial charge in [0.2, 0.25) is 21.7 Å². The van der Waals surface area contributed by atoms with E-state index in [-0.39, 0.29) is 0 Å². The maximum atomic E-state index is 12.8. The third-order valence-corrected chi connectivity index (χ3v) is 7.34. The van der Waals surface area contributed by atoms with Crippen LogP contribution in [-0.2, 0) is 16.6 Å². The van der Waals surface area contributed by atoms with E-state index in [0.29, 0.717) is 36.2 Å². The number of thiophene rings is 1. The fourth-order valence-electron chi connectivity index (χ4n) is 3.19. The van der Waals surface area contributed by atoms with Crippen molar-refractivity contribution < 1.29 is 12.9 Å². The fraction of sp³-hybridized carbons (Fsp3) is 0.368. The Bertz CT molecular complexity index is 990. The van der Waals surface area contributed by atoms with Crippen molar-refractivity contribution in [2.75, 3.05) is 18.4 Å². The Morgan fingerprint density at radius 3 is 2.50 bits per heavy atom. The predicted octanol–water partition coefficient (Wildman–Crippen LogP) is 3.97. The Labute approximate surface area is 168 Å². The zero-order valence-corrected chi connectivity index (χ0v) is 17.0. The molecule has 3 heterocycles. The zero-order chi connectivity index (χ0) is 19.4. The second kappa shape index (κ2) is 8.42. The van der Waals surface area contributed by atoms with Gasteiger partial charge in [-0.25, -0.2) is 8.42 Å². The minimum Gasteiger partial charge on any atom is -0.376 e. The van der Waals surface area contributed by atoms with Crippen molar-refractivity contribution >= 4 is 27.0 Å². The van der Waals surface area contributed by atoms with Gasteiger partial charge >= 0.3 is 0 Å². The SMILES string of the molecule is O=S(=O)(c1ccc(NCc2nc(-c3ccsc3)no2)cc1)N1CCCCCC1. The number of aromatic nitrogens is 2. The van der Waals surface area contributed by atoms with E-state index in [0.717, 1.165) is 36.9 Å². The summed E-state index contributed by atoms with van der Waals surface area (Å²) in [5, 5.41) is 11.1. The Hall–Kier alpha value is -2.23. The number of hydrogen-bond donors (Lipinski definition) is 1. The van der Waals surface area contributed by atoms with Crippen LogP contribution in [0.15, 0.2) is 50.5 Å². The summed E-state index contributed by atoms with van der Waals surface area (Å²) in [4.78, 5) is 4.69. The monoisotopic (exact) mass is 418 g/mol. The molecule has 1 N–H and O–H groups in total. The molecule has 0 spiro atoms. The minimum atomic E-state index is -3.43. The van der Waals surface area contributed by atoms with Crippen LogP contribution >= 0.6 is 11.3 Å². The van der Waals surface area contributed by atoms with Crippen LogP contribution in [0.1, 0.15) is 31.6 Å². The van der Waals surface area contributed by atoms with E-state index in [1.807, 2.05) is 16.8 Å². The predicted molar refractivity (Wildman–Crippen MR) is 109 cm³/mol. The van der Waals surface area contributed by atoms with Crippen LogP contribution in [0.25, 0.3) is 11.4 Å². The number of nitrogens with one attached hydrogen (secondary N) is 1. The first-order chi connectivity index (χ1) is 13.6. The van der Waals surface area contributed by atoms with E-state index in [4.69, 9.17) is 4.52 Å². The van der Waals surface area contributed by atoms with Crippen LogP contribution < -0.4 is 5.32 Å². The molecule has 2 aromatic heterocycles. The maximum Gasteiger partial charge on any atom is 0.246 e. The van der Waals surface area contributed by atoms with Crippen molar-refractivity contribution in [2.45, 2.75) is 37.1 Å². The lowest BCUT2D eigenvalue weighted by Gasteiger charge is -2.20. The molecule has 28 heavy (non-hydrogen) atoms. The third kappa shape index (κ3) is 4.26. The van der Waals surface area contributed by atoms with E-state index < -0.39 is 10.0 Å². The largest absolute Gasteiger partial charge is 0.376 e. The first-order valence-corrected chi connectivity index (χ1v) is 11.7. The van der Waals surface area contributed by atoms with E-state index in [1.165, 1.54) is 0 Å². The summed E-state index contributed by atoms with van der Waals surface area (Å²) in [5.41, 5.74) is 1.73. The molecule has 0 unspecified atom stereocenters. The summed E-state index contributed by atoms with van der Waals surface area (Å²) in [7, 11) is -3.43. The molecule has 1 aliphatic rings. The van der Waals surface area contributed by atoms with E-state index in [9.17, 15) is 8.42 Å². The topological polar surface area (TPSA) is 88.3 Å². The van der Waals surface area contributed by atoms with Gasteiger partial charge in [-0.2, -0.15) is 20.6 Å². The molecule has 1 fully saturated rings. The first-order valence-electron chi connectivity index (χ1n) is 9.32. The van der Waals surface area contributed by atoms with Gasteiger partial charge < -0.3 is 9.84 Å². The van der Waals surface area contributed by atoms with Crippen molar-refractivity contribution in [2.24, 2.45) is 0 Å². The Balaban J connectivity index is 1.39. The van der Waals surface area contributed by atoms with Gasteiger partial charge in [-0.1, -0.05) is 18.0 Å². The molecule has 0 saturated carbocycles. The van der Waals surface area contributed by atoms with Gasteiger partial charge in [-0.05, 0) is 48.6 Å².